The van der Waals surface area contributed by atoms with Crippen LogP contribution in [-0.2, 0) is 6.54 Å². The predicted molar refractivity (Wildman–Crippen MR) is 68.3 cm³/mol. The Hall–Kier alpha value is -1.87. The van der Waals surface area contributed by atoms with Crippen molar-refractivity contribution in [2.45, 2.75) is 13.5 Å². The summed E-state index contributed by atoms with van der Waals surface area (Å²) in [6, 6.07) is 13.6. The van der Waals surface area contributed by atoms with Gasteiger partial charge in [0.2, 0.25) is 5.88 Å². The lowest BCUT2D eigenvalue weighted by Gasteiger charge is -2.08. The van der Waals surface area contributed by atoms with Crippen molar-refractivity contribution in [1.29, 1.82) is 0 Å². The fourth-order valence-corrected chi connectivity index (χ4v) is 1.61. The molecule has 2 aromatic rings. The van der Waals surface area contributed by atoms with E-state index in [1.165, 1.54) is 5.56 Å². The van der Waals surface area contributed by atoms with Crippen LogP contribution in [-0.4, -0.2) is 12.0 Å². The SMILES string of the molecule is CNCc1ccc(Oc2ccccc2)nc1C. The molecule has 0 aliphatic rings. The topological polar surface area (TPSA) is 34.1 Å². The molecule has 1 N–H and O–H groups in total. The van der Waals surface area contributed by atoms with Crippen molar-refractivity contribution in [3.8, 4) is 11.6 Å². The molecule has 1 aromatic heterocycles. The van der Waals surface area contributed by atoms with Gasteiger partial charge in [-0.1, -0.05) is 24.3 Å². The van der Waals surface area contributed by atoms with E-state index in [2.05, 4.69) is 10.3 Å². The second kappa shape index (κ2) is 5.46. The minimum absolute atomic E-state index is 0.633. The summed E-state index contributed by atoms with van der Waals surface area (Å²) in [5, 5.41) is 3.11. The Morgan fingerprint density at radius 1 is 1.12 bits per heavy atom. The number of nitrogens with one attached hydrogen (secondary N) is 1. The number of para-hydroxylation sites is 1. The van der Waals surface area contributed by atoms with Crippen molar-refractivity contribution in [3.63, 3.8) is 0 Å². The molecule has 17 heavy (non-hydrogen) atoms. The van der Waals surface area contributed by atoms with Gasteiger partial charge in [-0.2, -0.15) is 0 Å². The van der Waals surface area contributed by atoms with Crippen LogP contribution in [0.15, 0.2) is 42.5 Å². The number of nitrogens with zero attached hydrogens (tertiary/aromatic N) is 1. The van der Waals surface area contributed by atoms with Crippen molar-refractivity contribution in [2.75, 3.05) is 7.05 Å². The Morgan fingerprint density at radius 2 is 1.88 bits per heavy atom. The second-order valence-corrected chi connectivity index (χ2v) is 3.84. The smallest absolute Gasteiger partial charge is 0.219 e. The van der Waals surface area contributed by atoms with Crippen LogP contribution in [0.2, 0.25) is 0 Å². The van der Waals surface area contributed by atoms with E-state index in [9.17, 15) is 0 Å². The number of ether oxygens (including phenoxy) is 1. The third-order valence-electron chi connectivity index (χ3n) is 2.50. The summed E-state index contributed by atoms with van der Waals surface area (Å²) in [6.07, 6.45) is 0. The van der Waals surface area contributed by atoms with E-state index >= 15 is 0 Å². The van der Waals surface area contributed by atoms with Crippen molar-refractivity contribution >= 4 is 0 Å². The normalized spacial score (nSPS) is 10.2. The molecular weight excluding hydrogens is 212 g/mol. The number of hydrogen-bond acceptors (Lipinski definition) is 3. The second-order valence-electron chi connectivity index (χ2n) is 3.84. The number of rotatable bonds is 4. The van der Waals surface area contributed by atoms with E-state index in [-0.39, 0.29) is 0 Å². The molecule has 3 nitrogen and oxygen atoms in total. The lowest BCUT2D eigenvalue weighted by molar-refractivity contribution is 0.461. The van der Waals surface area contributed by atoms with Crippen LogP contribution >= 0.6 is 0 Å². The molecule has 1 aromatic carbocycles. The molecule has 0 atom stereocenters. The molecule has 0 spiro atoms. The van der Waals surface area contributed by atoms with Crippen molar-refractivity contribution < 1.29 is 4.74 Å². The maximum atomic E-state index is 5.66. The summed E-state index contributed by atoms with van der Waals surface area (Å²) in [4.78, 5) is 4.42. The zero-order valence-corrected chi connectivity index (χ0v) is 10.1. The Labute approximate surface area is 101 Å². The molecule has 3 heteroatoms. The molecule has 1 heterocycles. The Balaban J connectivity index is 2.15. The number of aromatic nitrogens is 1. The number of pyridine rings is 1. The Morgan fingerprint density at radius 3 is 2.53 bits per heavy atom. The first kappa shape index (κ1) is 11.6. The average Bonchev–Trinajstić information content (AvgIpc) is 2.34. The fraction of sp³-hybridized carbons (Fsp3) is 0.214. The summed E-state index contributed by atoms with van der Waals surface area (Å²) in [7, 11) is 1.92. The van der Waals surface area contributed by atoms with Gasteiger partial charge in [0.25, 0.3) is 0 Å². The lowest BCUT2D eigenvalue weighted by atomic mass is 10.2. The van der Waals surface area contributed by atoms with Gasteiger partial charge in [0.05, 0.1) is 0 Å². The van der Waals surface area contributed by atoms with Crippen LogP contribution in [0.1, 0.15) is 11.3 Å². The molecular formula is C14H16N2O. The van der Waals surface area contributed by atoms with Gasteiger partial charge in [0.1, 0.15) is 5.75 Å². The lowest BCUT2D eigenvalue weighted by Crippen LogP contribution is -2.07. The molecule has 0 fully saturated rings. The Bertz CT molecular complexity index is 483. The first-order valence-electron chi connectivity index (χ1n) is 5.63. The summed E-state index contributed by atoms with van der Waals surface area (Å²) >= 11 is 0. The van der Waals surface area contributed by atoms with Crippen LogP contribution in [0.4, 0.5) is 0 Å². The summed E-state index contributed by atoms with van der Waals surface area (Å²) in [6.45, 7) is 2.81. The minimum Gasteiger partial charge on any atom is -0.439 e. The van der Waals surface area contributed by atoms with E-state index in [1.807, 2.05) is 56.4 Å². The molecule has 0 saturated carbocycles. The quantitative estimate of drug-likeness (QED) is 0.873. The monoisotopic (exact) mass is 228 g/mol. The highest BCUT2D eigenvalue weighted by Gasteiger charge is 2.02. The predicted octanol–water partition coefficient (Wildman–Crippen LogP) is 2.90. The maximum absolute atomic E-state index is 5.66. The molecule has 2 rings (SSSR count). The molecule has 0 radical (unpaired) electrons. The van der Waals surface area contributed by atoms with Crippen molar-refractivity contribution in [1.82, 2.24) is 10.3 Å². The summed E-state index contributed by atoms with van der Waals surface area (Å²) in [5.41, 5.74) is 2.18. The van der Waals surface area contributed by atoms with Gasteiger partial charge in [-0.15, -0.1) is 0 Å². The van der Waals surface area contributed by atoms with Crippen LogP contribution in [0.3, 0.4) is 0 Å². The van der Waals surface area contributed by atoms with E-state index < -0.39 is 0 Å². The first-order chi connectivity index (χ1) is 8.29. The molecule has 0 bridgehead atoms. The van der Waals surface area contributed by atoms with Gasteiger partial charge in [0.15, 0.2) is 0 Å². The zero-order valence-electron chi connectivity index (χ0n) is 10.1. The molecule has 0 saturated heterocycles. The molecule has 0 aliphatic carbocycles. The van der Waals surface area contributed by atoms with E-state index in [0.29, 0.717) is 5.88 Å². The third-order valence-corrected chi connectivity index (χ3v) is 2.50. The van der Waals surface area contributed by atoms with Gasteiger partial charge in [-0.3, -0.25) is 0 Å². The van der Waals surface area contributed by atoms with Crippen LogP contribution in [0.25, 0.3) is 0 Å². The number of aryl methyl sites for hydroxylation is 1. The maximum Gasteiger partial charge on any atom is 0.219 e. The van der Waals surface area contributed by atoms with Crippen molar-refractivity contribution in [3.05, 3.63) is 53.7 Å². The van der Waals surface area contributed by atoms with E-state index in [4.69, 9.17) is 4.74 Å². The highest BCUT2D eigenvalue weighted by Crippen LogP contribution is 2.20. The number of benzene rings is 1. The standard InChI is InChI=1S/C14H16N2O/c1-11-12(10-15-2)8-9-14(16-11)17-13-6-4-3-5-7-13/h3-9,15H,10H2,1-2H3. The Kier molecular flexibility index (Phi) is 3.73. The van der Waals surface area contributed by atoms with Gasteiger partial charge in [-0.25, -0.2) is 4.98 Å². The van der Waals surface area contributed by atoms with Gasteiger partial charge >= 0.3 is 0 Å². The van der Waals surface area contributed by atoms with Crippen LogP contribution < -0.4 is 10.1 Å². The van der Waals surface area contributed by atoms with Crippen LogP contribution in [0, 0.1) is 6.92 Å². The van der Waals surface area contributed by atoms with Gasteiger partial charge < -0.3 is 10.1 Å². The molecule has 0 unspecified atom stereocenters. The van der Waals surface area contributed by atoms with E-state index in [0.717, 1.165) is 18.0 Å². The first-order valence-corrected chi connectivity index (χ1v) is 5.63. The van der Waals surface area contributed by atoms with Crippen molar-refractivity contribution in [2.24, 2.45) is 0 Å². The van der Waals surface area contributed by atoms with Crippen LogP contribution in [0.5, 0.6) is 11.6 Å². The van der Waals surface area contributed by atoms with Gasteiger partial charge in [0, 0.05) is 18.3 Å². The zero-order chi connectivity index (χ0) is 12.1. The molecule has 0 amide bonds. The van der Waals surface area contributed by atoms with E-state index in [1.54, 1.807) is 0 Å². The summed E-state index contributed by atoms with van der Waals surface area (Å²) < 4.78 is 5.66. The average molecular weight is 228 g/mol. The fourth-order valence-electron chi connectivity index (χ4n) is 1.61. The highest BCUT2D eigenvalue weighted by molar-refractivity contribution is 5.30. The van der Waals surface area contributed by atoms with Gasteiger partial charge in [-0.05, 0) is 31.7 Å². The summed E-state index contributed by atoms with van der Waals surface area (Å²) in [5.74, 6) is 1.44. The third kappa shape index (κ3) is 3.04. The molecule has 88 valence electrons. The highest BCUT2D eigenvalue weighted by atomic mass is 16.5. The largest absolute Gasteiger partial charge is 0.439 e. The minimum atomic E-state index is 0.633. The number of hydrogen-bond donors (Lipinski definition) is 1. The molecule has 0 aliphatic heterocycles.